The van der Waals surface area contributed by atoms with Crippen molar-refractivity contribution >= 4 is 11.9 Å². The molecule has 0 heterocycles. The number of carbonyl (C=O) groups is 2. The average molecular weight is 281 g/mol. The van der Waals surface area contributed by atoms with Gasteiger partial charge in [0.1, 0.15) is 0 Å². The molecule has 20 heavy (non-hydrogen) atoms. The van der Waals surface area contributed by atoms with Crippen molar-refractivity contribution in [3.05, 3.63) is 23.8 Å². The molecule has 0 aliphatic rings. The van der Waals surface area contributed by atoms with Crippen LogP contribution < -0.4 is 14.8 Å². The Morgan fingerprint density at radius 1 is 1.20 bits per heavy atom. The molecule has 0 aliphatic carbocycles. The molecule has 0 aliphatic heterocycles. The van der Waals surface area contributed by atoms with E-state index in [4.69, 9.17) is 9.47 Å². The highest BCUT2D eigenvalue weighted by Gasteiger charge is 2.12. The van der Waals surface area contributed by atoms with Gasteiger partial charge in [0.15, 0.2) is 18.1 Å². The molecular formula is C14H19NO5. The number of amides is 1. The van der Waals surface area contributed by atoms with Gasteiger partial charge in [-0.25, -0.2) is 4.79 Å². The fourth-order valence-corrected chi connectivity index (χ4v) is 1.54. The van der Waals surface area contributed by atoms with Gasteiger partial charge in [0.05, 0.1) is 19.8 Å². The first-order chi connectivity index (χ1) is 9.47. The number of methoxy groups -OCH3 is 2. The summed E-state index contributed by atoms with van der Waals surface area (Å²) < 4.78 is 15.1. The SMILES string of the molecule is COC(=O)c1ccc(OCC(=O)NC(C)C)c(OC)c1. The smallest absolute Gasteiger partial charge is 0.337 e. The normalized spacial score (nSPS) is 10.1. The molecule has 0 spiro atoms. The van der Waals surface area contributed by atoms with E-state index in [0.717, 1.165) is 0 Å². The quantitative estimate of drug-likeness (QED) is 0.797. The number of hydrogen-bond donors (Lipinski definition) is 1. The molecule has 0 unspecified atom stereocenters. The van der Waals surface area contributed by atoms with Gasteiger partial charge in [0.25, 0.3) is 5.91 Å². The minimum atomic E-state index is -0.465. The topological polar surface area (TPSA) is 73.9 Å². The van der Waals surface area contributed by atoms with Crippen LogP contribution >= 0.6 is 0 Å². The van der Waals surface area contributed by atoms with Crippen LogP contribution in [0.1, 0.15) is 24.2 Å². The van der Waals surface area contributed by atoms with Crippen LogP contribution in [0.4, 0.5) is 0 Å². The Bertz CT molecular complexity index is 484. The van der Waals surface area contributed by atoms with Crippen LogP contribution in [0.3, 0.4) is 0 Å². The van der Waals surface area contributed by atoms with Crippen molar-refractivity contribution in [2.24, 2.45) is 0 Å². The third-order valence-electron chi connectivity index (χ3n) is 2.39. The highest BCUT2D eigenvalue weighted by molar-refractivity contribution is 5.90. The molecule has 6 heteroatoms. The Labute approximate surface area is 118 Å². The fourth-order valence-electron chi connectivity index (χ4n) is 1.54. The number of esters is 1. The summed E-state index contributed by atoms with van der Waals surface area (Å²) >= 11 is 0. The van der Waals surface area contributed by atoms with Crippen molar-refractivity contribution < 1.29 is 23.8 Å². The third-order valence-corrected chi connectivity index (χ3v) is 2.39. The number of hydrogen-bond acceptors (Lipinski definition) is 5. The number of rotatable bonds is 6. The van der Waals surface area contributed by atoms with Crippen molar-refractivity contribution in [3.63, 3.8) is 0 Å². The predicted octanol–water partition coefficient (Wildman–Crippen LogP) is 1.39. The van der Waals surface area contributed by atoms with Gasteiger partial charge in [-0.1, -0.05) is 0 Å². The van der Waals surface area contributed by atoms with E-state index in [1.807, 2.05) is 13.8 Å². The monoisotopic (exact) mass is 281 g/mol. The van der Waals surface area contributed by atoms with Gasteiger partial charge >= 0.3 is 5.97 Å². The first-order valence-electron chi connectivity index (χ1n) is 6.16. The summed E-state index contributed by atoms with van der Waals surface area (Å²) in [5.74, 6) is 0.0656. The molecule has 0 radical (unpaired) electrons. The zero-order valence-corrected chi connectivity index (χ0v) is 12.1. The summed E-state index contributed by atoms with van der Waals surface area (Å²) in [6.45, 7) is 3.61. The number of carbonyl (C=O) groups excluding carboxylic acids is 2. The van der Waals surface area contributed by atoms with E-state index in [1.165, 1.54) is 20.3 Å². The first kappa shape index (κ1) is 15.8. The van der Waals surface area contributed by atoms with Gasteiger partial charge in [-0.05, 0) is 32.0 Å². The lowest BCUT2D eigenvalue weighted by atomic mass is 10.2. The molecule has 1 N–H and O–H groups in total. The first-order valence-corrected chi connectivity index (χ1v) is 6.16. The standard InChI is InChI=1S/C14H19NO5/c1-9(2)15-13(16)8-20-11-6-5-10(14(17)19-4)7-12(11)18-3/h5-7,9H,8H2,1-4H3,(H,15,16). The van der Waals surface area contributed by atoms with E-state index >= 15 is 0 Å². The van der Waals surface area contributed by atoms with Crippen LogP contribution in [0.2, 0.25) is 0 Å². The van der Waals surface area contributed by atoms with E-state index in [1.54, 1.807) is 12.1 Å². The maximum atomic E-state index is 11.5. The van der Waals surface area contributed by atoms with E-state index in [0.29, 0.717) is 17.1 Å². The summed E-state index contributed by atoms with van der Waals surface area (Å²) in [5.41, 5.74) is 0.350. The Kier molecular flexibility index (Phi) is 5.83. The van der Waals surface area contributed by atoms with E-state index in [9.17, 15) is 9.59 Å². The van der Waals surface area contributed by atoms with E-state index in [2.05, 4.69) is 10.1 Å². The lowest BCUT2D eigenvalue weighted by Gasteiger charge is -2.12. The molecule has 110 valence electrons. The lowest BCUT2D eigenvalue weighted by Crippen LogP contribution is -2.34. The largest absolute Gasteiger partial charge is 0.493 e. The molecule has 0 bridgehead atoms. The van der Waals surface area contributed by atoms with Crippen LogP contribution in [-0.2, 0) is 9.53 Å². The van der Waals surface area contributed by atoms with Crippen LogP contribution in [0.5, 0.6) is 11.5 Å². The number of ether oxygens (including phenoxy) is 3. The maximum absolute atomic E-state index is 11.5. The van der Waals surface area contributed by atoms with Crippen LogP contribution in [-0.4, -0.2) is 38.7 Å². The molecule has 0 fully saturated rings. The van der Waals surface area contributed by atoms with Crippen molar-refractivity contribution in [1.82, 2.24) is 5.32 Å². The fraction of sp³-hybridized carbons (Fsp3) is 0.429. The summed E-state index contributed by atoms with van der Waals surface area (Å²) in [6, 6.07) is 4.66. The second-order valence-corrected chi connectivity index (χ2v) is 4.37. The van der Waals surface area contributed by atoms with E-state index < -0.39 is 5.97 Å². The van der Waals surface area contributed by atoms with Gasteiger partial charge in [-0.3, -0.25) is 4.79 Å². The van der Waals surface area contributed by atoms with Gasteiger partial charge in [-0.15, -0.1) is 0 Å². The zero-order valence-electron chi connectivity index (χ0n) is 12.1. The molecule has 0 atom stereocenters. The molecular weight excluding hydrogens is 262 g/mol. The average Bonchev–Trinajstić information content (AvgIpc) is 2.43. The van der Waals surface area contributed by atoms with E-state index in [-0.39, 0.29) is 18.6 Å². The predicted molar refractivity (Wildman–Crippen MR) is 73.1 cm³/mol. The van der Waals surface area contributed by atoms with Gasteiger partial charge < -0.3 is 19.5 Å². The molecule has 1 rings (SSSR count). The Morgan fingerprint density at radius 2 is 1.90 bits per heavy atom. The second kappa shape index (κ2) is 7.37. The molecule has 1 aromatic carbocycles. The molecule has 0 saturated carbocycles. The van der Waals surface area contributed by atoms with Crippen LogP contribution in [0.15, 0.2) is 18.2 Å². The second-order valence-electron chi connectivity index (χ2n) is 4.37. The Balaban J connectivity index is 2.75. The Hall–Kier alpha value is -2.24. The molecule has 0 saturated heterocycles. The number of nitrogens with one attached hydrogen (secondary N) is 1. The van der Waals surface area contributed by atoms with Gasteiger partial charge in [0.2, 0.25) is 0 Å². The van der Waals surface area contributed by atoms with Crippen molar-refractivity contribution in [3.8, 4) is 11.5 Å². The summed E-state index contributed by atoms with van der Waals surface area (Å²) in [4.78, 5) is 22.9. The van der Waals surface area contributed by atoms with Crippen LogP contribution in [0.25, 0.3) is 0 Å². The third kappa shape index (κ3) is 4.46. The summed E-state index contributed by atoms with van der Waals surface area (Å²) in [5, 5.41) is 2.71. The highest BCUT2D eigenvalue weighted by Crippen LogP contribution is 2.28. The molecule has 1 amide bonds. The highest BCUT2D eigenvalue weighted by atomic mass is 16.5. The van der Waals surface area contributed by atoms with Crippen molar-refractivity contribution in [2.75, 3.05) is 20.8 Å². The molecule has 6 nitrogen and oxygen atoms in total. The molecule has 0 aromatic heterocycles. The van der Waals surface area contributed by atoms with Crippen molar-refractivity contribution in [1.29, 1.82) is 0 Å². The minimum absolute atomic E-state index is 0.0506. The van der Waals surface area contributed by atoms with Gasteiger partial charge in [0, 0.05) is 6.04 Å². The Morgan fingerprint density at radius 3 is 2.45 bits per heavy atom. The maximum Gasteiger partial charge on any atom is 0.337 e. The van der Waals surface area contributed by atoms with Crippen LogP contribution in [0, 0.1) is 0 Å². The zero-order chi connectivity index (χ0) is 15.1. The molecule has 1 aromatic rings. The lowest BCUT2D eigenvalue weighted by molar-refractivity contribution is -0.123. The summed E-state index contributed by atoms with van der Waals surface area (Å²) in [7, 11) is 2.76. The van der Waals surface area contributed by atoms with Crippen molar-refractivity contribution in [2.45, 2.75) is 19.9 Å². The van der Waals surface area contributed by atoms with Gasteiger partial charge in [-0.2, -0.15) is 0 Å². The number of benzene rings is 1. The summed E-state index contributed by atoms with van der Waals surface area (Å²) in [6.07, 6.45) is 0. The minimum Gasteiger partial charge on any atom is -0.493 e.